The first kappa shape index (κ1) is 26.3. The number of pyridine rings is 2. The third-order valence-electron chi connectivity index (χ3n) is 5.65. The molecule has 0 bridgehead atoms. The van der Waals surface area contributed by atoms with E-state index in [1.54, 1.807) is 36.7 Å². The Labute approximate surface area is 227 Å². The zero-order valence-corrected chi connectivity index (χ0v) is 21.7. The van der Waals surface area contributed by atoms with Gasteiger partial charge in [-0.15, -0.1) is 0 Å². The van der Waals surface area contributed by atoms with Crippen LogP contribution in [-0.4, -0.2) is 30.1 Å². The van der Waals surface area contributed by atoms with Gasteiger partial charge in [-0.25, -0.2) is 13.4 Å². The molecular weight excluding hydrogens is 542 g/mol. The van der Waals surface area contributed by atoms with Gasteiger partial charge < -0.3 is 5.32 Å². The van der Waals surface area contributed by atoms with Gasteiger partial charge in [0, 0.05) is 39.6 Å². The van der Waals surface area contributed by atoms with E-state index in [-0.39, 0.29) is 16.3 Å². The van der Waals surface area contributed by atoms with E-state index in [1.807, 2.05) is 24.3 Å². The number of fused-ring (bicyclic) bond motifs is 1. The number of nitrogens with zero attached hydrogens (tertiary/aromatic N) is 2. The van der Waals surface area contributed by atoms with E-state index >= 15 is 0 Å². The number of benzene rings is 3. The van der Waals surface area contributed by atoms with Crippen LogP contribution in [0.15, 0.2) is 113 Å². The van der Waals surface area contributed by atoms with Crippen molar-refractivity contribution in [3.05, 3.63) is 109 Å². The van der Waals surface area contributed by atoms with Gasteiger partial charge in [-0.05, 0) is 66.7 Å². The molecule has 0 radical (unpaired) electrons. The fourth-order valence-corrected chi connectivity index (χ4v) is 5.49. The maximum atomic E-state index is 13.4. The number of nitrogens with one attached hydrogen (secondary N) is 2. The SMILES string of the molecule is O=C(Nc1cccc(S(=O)(=O)Nc2ccc(SC(F)F)cc2)c1)c1cc(-c2cccnc2)nc2ccccc12. The third kappa shape index (κ3) is 6.21. The summed E-state index contributed by atoms with van der Waals surface area (Å²) in [6.07, 6.45) is 3.31. The summed E-state index contributed by atoms with van der Waals surface area (Å²) in [4.78, 5) is 22.4. The first-order valence-corrected chi connectivity index (χ1v) is 13.9. The second kappa shape index (κ2) is 11.2. The summed E-state index contributed by atoms with van der Waals surface area (Å²) in [7, 11) is -4.02. The number of hydrogen-bond acceptors (Lipinski definition) is 6. The number of para-hydroxylation sites is 1. The molecule has 0 fully saturated rings. The number of aromatic nitrogens is 2. The Hall–Kier alpha value is -4.35. The van der Waals surface area contributed by atoms with Gasteiger partial charge in [0.05, 0.1) is 21.7 Å². The van der Waals surface area contributed by atoms with Crippen LogP contribution in [0.4, 0.5) is 20.2 Å². The number of anilines is 2. The summed E-state index contributed by atoms with van der Waals surface area (Å²) in [6, 6.07) is 24.0. The number of carbonyl (C=O) groups is 1. The molecule has 0 aliphatic carbocycles. The lowest BCUT2D eigenvalue weighted by Crippen LogP contribution is -2.15. The predicted octanol–water partition coefficient (Wildman–Crippen LogP) is 6.66. The van der Waals surface area contributed by atoms with Crippen LogP contribution in [0, 0.1) is 0 Å². The summed E-state index contributed by atoms with van der Waals surface area (Å²) in [6.45, 7) is 0. The predicted molar refractivity (Wildman–Crippen MR) is 148 cm³/mol. The van der Waals surface area contributed by atoms with E-state index in [1.165, 1.54) is 42.5 Å². The first-order chi connectivity index (χ1) is 18.8. The monoisotopic (exact) mass is 562 g/mol. The Morgan fingerprint density at radius 3 is 2.41 bits per heavy atom. The zero-order valence-electron chi connectivity index (χ0n) is 20.1. The first-order valence-electron chi connectivity index (χ1n) is 11.6. The van der Waals surface area contributed by atoms with Crippen molar-refractivity contribution >= 4 is 50.0 Å². The second-order valence-corrected chi connectivity index (χ2v) is 11.1. The van der Waals surface area contributed by atoms with Gasteiger partial charge in [-0.1, -0.05) is 36.0 Å². The lowest BCUT2D eigenvalue weighted by atomic mass is 10.0. The van der Waals surface area contributed by atoms with Crippen molar-refractivity contribution in [1.29, 1.82) is 0 Å². The molecule has 0 saturated heterocycles. The van der Waals surface area contributed by atoms with E-state index < -0.39 is 21.7 Å². The molecule has 0 aliphatic rings. The van der Waals surface area contributed by atoms with E-state index in [9.17, 15) is 22.0 Å². The molecule has 7 nitrogen and oxygen atoms in total. The number of rotatable bonds is 8. The lowest BCUT2D eigenvalue weighted by Gasteiger charge is -2.12. The topological polar surface area (TPSA) is 101 Å². The maximum absolute atomic E-state index is 13.4. The molecule has 5 aromatic rings. The van der Waals surface area contributed by atoms with E-state index in [0.29, 0.717) is 38.8 Å². The maximum Gasteiger partial charge on any atom is 0.288 e. The zero-order chi connectivity index (χ0) is 27.4. The van der Waals surface area contributed by atoms with Gasteiger partial charge in [0.15, 0.2) is 0 Å². The third-order valence-corrected chi connectivity index (χ3v) is 7.75. The van der Waals surface area contributed by atoms with E-state index in [2.05, 4.69) is 20.0 Å². The van der Waals surface area contributed by atoms with Crippen LogP contribution in [0.5, 0.6) is 0 Å². The van der Waals surface area contributed by atoms with Crippen LogP contribution in [0.2, 0.25) is 0 Å². The fraction of sp³-hybridized carbons (Fsp3) is 0.0357. The Morgan fingerprint density at radius 1 is 0.872 bits per heavy atom. The van der Waals surface area contributed by atoms with Gasteiger partial charge >= 0.3 is 0 Å². The van der Waals surface area contributed by atoms with Gasteiger partial charge in [-0.2, -0.15) is 8.78 Å². The number of alkyl halides is 2. The molecule has 196 valence electrons. The van der Waals surface area contributed by atoms with Crippen molar-refractivity contribution in [2.24, 2.45) is 0 Å². The highest BCUT2D eigenvalue weighted by atomic mass is 32.2. The average molecular weight is 563 g/mol. The Balaban J connectivity index is 1.40. The largest absolute Gasteiger partial charge is 0.322 e. The molecule has 0 unspecified atom stereocenters. The highest BCUT2D eigenvalue weighted by molar-refractivity contribution is 7.99. The molecule has 0 aliphatic heterocycles. The molecule has 39 heavy (non-hydrogen) atoms. The molecule has 3 aromatic carbocycles. The molecular formula is C28H20F2N4O3S2. The van der Waals surface area contributed by atoms with Crippen molar-refractivity contribution in [3.63, 3.8) is 0 Å². The second-order valence-electron chi connectivity index (χ2n) is 8.30. The van der Waals surface area contributed by atoms with Crippen LogP contribution < -0.4 is 10.0 Å². The van der Waals surface area contributed by atoms with Crippen molar-refractivity contribution < 1.29 is 22.0 Å². The van der Waals surface area contributed by atoms with Gasteiger partial charge in [0.2, 0.25) is 0 Å². The van der Waals surface area contributed by atoms with E-state index in [0.717, 1.165) is 5.56 Å². The normalized spacial score (nSPS) is 11.5. The number of amides is 1. The fourth-order valence-electron chi connectivity index (χ4n) is 3.88. The quantitative estimate of drug-likeness (QED) is 0.205. The Kier molecular flexibility index (Phi) is 7.53. The van der Waals surface area contributed by atoms with Crippen LogP contribution in [0.3, 0.4) is 0 Å². The molecule has 2 aromatic heterocycles. The van der Waals surface area contributed by atoms with Gasteiger partial charge in [-0.3, -0.25) is 14.5 Å². The molecule has 5 rings (SSSR count). The number of sulfonamides is 1. The van der Waals surface area contributed by atoms with Crippen LogP contribution in [0.25, 0.3) is 22.2 Å². The molecule has 0 saturated carbocycles. The number of carbonyl (C=O) groups excluding carboxylic acids is 1. The standard InChI is InChI=1S/C28H20F2N4O3S2/c29-28(30)38-21-12-10-19(11-13-21)34-39(36,37)22-7-3-6-20(15-22)32-27(35)24-16-26(18-5-4-14-31-17-18)33-25-9-2-1-8-23(24)25/h1-17,28,34H,(H,32,35). The average Bonchev–Trinajstić information content (AvgIpc) is 2.93. The molecule has 1 amide bonds. The Morgan fingerprint density at radius 2 is 1.67 bits per heavy atom. The van der Waals surface area contributed by atoms with E-state index in [4.69, 9.17) is 0 Å². The van der Waals surface area contributed by atoms with Crippen molar-refractivity contribution in [1.82, 2.24) is 9.97 Å². The number of hydrogen-bond donors (Lipinski definition) is 2. The minimum atomic E-state index is -4.02. The van der Waals surface area contributed by atoms with Crippen molar-refractivity contribution in [2.45, 2.75) is 15.5 Å². The van der Waals surface area contributed by atoms with Crippen LogP contribution in [0.1, 0.15) is 10.4 Å². The minimum Gasteiger partial charge on any atom is -0.322 e. The molecule has 0 atom stereocenters. The van der Waals surface area contributed by atoms with Crippen molar-refractivity contribution in [2.75, 3.05) is 10.0 Å². The summed E-state index contributed by atoms with van der Waals surface area (Å²) in [5.41, 5.74) is 2.81. The number of thioether (sulfide) groups is 1. The summed E-state index contributed by atoms with van der Waals surface area (Å²) < 4.78 is 53.5. The molecule has 0 spiro atoms. The summed E-state index contributed by atoms with van der Waals surface area (Å²) >= 11 is 0.370. The summed E-state index contributed by atoms with van der Waals surface area (Å²) in [5.74, 6) is -3.01. The van der Waals surface area contributed by atoms with Gasteiger partial charge in [0.25, 0.3) is 21.7 Å². The minimum absolute atomic E-state index is 0.0815. The highest BCUT2D eigenvalue weighted by Crippen LogP contribution is 2.28. The number of halogens is 2. The molecule has 11 heteroatoms. The van der Waals surface area contributed by atoms with Crippen molar-refractivity contribution in [3.8, 4) is 11.3 Å². The summed E-state index contributed by atoms with van der Waals surface area (Å²) in [5, 5.41) is 3.42. The highest BCUT2D eigenvalue weighted by Gasteiger charge is 2.18. The van der Waals surface area contributed by atoms with Gasteiger partial charge in [0.1, 0.15) is 0 Å². The van der Waals surface area contributed by atoms with Crippen LogP contribution >= 0.6 is 11.8 Å². The Bertz CT molecular complexity index is 1750. The lowest BCUT2D eigenvalue weighted by molar-refractivity contribution is 0.102. The molecule has 2 heterocycles. The smallest absolute Gasteiger partial charge is 0.288 e. The molecule has 2 N–H and O–H groups in total. The van der Waals surface area contributed by atoms with Crippen LogP contribution in [-0.2, 0) is 10.0 Å².